The lowest BCUT2D eigenvalue weighted by molar-refractivity contribution is -0.145. The number of aliphatic hydroxyl groups is 4. The van der Waals surface area contributed by atoms with Gasteiger partial charge in [0.25, 0.3) is 0 Å². The minimum Gasteiger partial charge on any atom is -0.491 e. The van der Waals surface area contributed by atoms with Crippen molar-refractivity contribution in [3.63, 3.8) is 0 Å². The smallest absolute Gasteiger partial charge is 0.314 e. The molecule has 36 heavy (non-hydrogen) atoms. The van der Waals surface area contributed by atoms with Gasteiger partial charge < -0.3 is 39.4 Å². The molecule has 0 aliphatic heterocycles. The quantitative estimate of drug-likeness (QED) is 0.247. The van der Waals surface area contributed by atoms with E-state index in [9.17, 15) is 19.8 Å². The number of hydrogen-bond acceptors (Lipinski definition) is 10. The molecule has 2 unspecified atom stereocenters. The van der Waals surface area contributed by atoms with Gasteiger partial charge in [-0.05, 0) is 74.2 Å². The first-order chi connectivity index (χ1) is 17.4. The number of esters is 2. The van der Waals surface area contributed by atoms with E-state index < -0.39 is 25.4 Å². The van der Waals surface area contributed by atoms with Gasteiger partial charge in [-0.2, -0.15) is 0 Å². The molecule has 0 bridgehead atoms. The van der Waals surface area contributed by atoms with Gasteiger partial charge in [0.1, 0.15) is 48.4 Å². The van der Waals surface area contributed by atoms with E-state index in [-0.39, 0.29) is 38.4 Å². The number of ether oxygens (including phenoxy) is 4. The molecule has 10 heteroatoms. The van der Waals surface area contributed by atoms with Gasteiger partial charge in [-0.1, -0.05) is 0 Å². The maximum Gasteiger partial charge on any atom is 0.314 e. The molecular formula is C26H34O10. The lowest BCUT2D eigenvalue weighted by Crippen LogP contribution is -2.30. The number of rotatable bonds is 12. The van der Waals surface area contributed by atoms with Crippen LogP contribution in [0.2, 0.25) is 0 Å². The fourth-order valence-corrected chi connectivity index (χ4v) is 3.66. The summed E-state index contributed by atoms with van der Waals surface area (Å²) in [7, 11) is 0. The summed E-state index contributed by atoms with van der Waals surface area (Å²) in [4.78, 5) is 25.1. The minimum absolute atomic E-state index is 0. The Bertz CT molecular complexity index is 879. The van der Waals surface area contributed by atoms with Gasteiger partial charge in [0.15, 0.2) is 0 Å². The molecule has 0 spiro atoms. The van der Waals surface area contributed by atoms with Crippen molar-refractivity contribution in [2.75, 3.05) is 26.4 Å². The van der Waals surface area contributed by atoms with E-state index in [0.717, 1.165) is 0 Å². The van der Waals surface area contributed by atoms with E-state index in [1.165, 1.54) is 0 Å². The number of benzene rings is 2. The highest BCUT2D eigenvalue weighted by molar-refractivity contribution is 5.77. The summed E-state index contributed by atoms with van der Waals surface area (Å²) in [5.41, 5.74) is 0. The zero-order valence-corrected chi connectivity index (χ0v) is 19.8. The molecule has 2 aromatic carbocycles. The Labute approximate surface area is 210 Å². The van der Waals surface area contributed by atoms with Gasteiger partial charge in [-0.3, -0.25) is 9.59 Å². The van der Waals surface area contributed by atoms with E-state index in [2.05, 4.69) is 0 Å². The lowest BCUT2D eigenvalue weighted by Gasteiger charge is -2.25. The Morgan fingerprint density at radius 3 is 1.28 bits per heavy atom. The molecule has 2 atom stereocenters. The third kappa shape index (κ3) is 8.49. The Hall–Kier alpha value is -3.18. The van der Waals surface area contributed by atoms with E-state index >= 15 is 0 Å². The summed E-state index contributed by atoms with van der Waals surface area (Å²) in [6.45, 7) is -0.871. The predicted octanol–water partition coefficient (Wildman–Crippen LogP) is 1.71. The maximum atomic E-state index is 12.5. The van der Waals surface area contributed by atoms with Gasteiger partial charge in [-0.25, -0.2) is 0 Å². The van der Waals surface area contributed by atoms with Crippen LogP contribution in [0.1, 0.15) is 27.1 Å². The molecular weight excluding hydrogens is 472 g/mol. The highest BCUT2D eigenvalue weighted by atomic mass is 16.5. The predicted molar refractivity (Wildman–Crippen MR) is 129 cm³/mol. The molecule has 1 fully saturated rings. The number of carbonyl (C=O) groups excluding carboxylic acids is 2. The average Bonchev–Trinajstić information content (AvgIpc) is 2.91. The van der Waals surface area contributed by atoms with Crippen molar-refractivity contribution < 1.29 is 50.4 Å². The molecule has 2 aromatic rings. The minimum atomic E-state index is -0.964. The van der Waals surface area contributed by atoms with Gasteiger partial charge in [0.2, 0.25) is 0 Å². The maximum absolute atomic E-state index is 12.5. The summed E-state index contributed by atoms with van der Waals surface area (Å²) in [5.74, 6) is 0.365. The molecule has 3 rings (SSSR count). The summed E-state index contributed by atoms with van der Waals surface area (Å²) in [6, 6.07) is 12.8. The van der Waals surface area contributed by atoms with Crippen LogP contribution in [0.4, 0.5) is 0 Å². The molecule has 1 saturated carbocycles. The molecule has 1 aliphatic carbocycles. The van der Waals surface area contributed by atoms with Crippen molar-refractivity contribution in [2.24, 2.45) is 11.8 Å². The Kier molecular flexibility index (Phi) is 10.5. The van der Waals surface area contributed by atoms with E-state index in [0.29, 0.717) is 48.7 Å². The van der Waals surface area contributed by atoms with Crippen molar-refractivity contribution in [2.45, 2.75) is 37.9 Å². The van der Waals surface area contributed by atoms with Crippen LogP contribution >= 0.6 is 0 Å². The van der Waals surface area contributed by atoms with Crippen molar-refractivity contribution in [1.29, 1.82) is 0 Å². The van der Waals surface area contributed by atoms with Crippen molar-refractivity contribution in [3.8, 4) is 23.0 Å². The molecule has 0 heterocycles. The third-order valence-electron chi connectivity index (χ3n) is 5.78. The summed E-state index contributed by atoms with van der Waals surface area (Å²) < 4.78 is 21.6. The highest BCUT2D eigenvalue weighted by Crippen LogP contribution is 2.32. The van der Waals surface area contributed by atoms with Gasteiger partial charge in [0, 0.05) is 1.43 Å². The summed E-state index contributed by atoms with van der Waals surface area (Å²) >= 11 is 0. The zero-order valence-electron chi connectivity index (χ0n) is 19.8. The topological polar surface area (TPSA) is 152 Å². The molecule has 1 aliphatic rings. The molecule has 4 N–H and O–H groups in total. The van der Waals surface area contributed by atoms with E-state index in [1.807, 2.05) is 0 Å². The Balaban J connectivity index is 0.00000481. The monoisotopic (exact) mass is 506 g/mol. The second-order valence-electron chi connectivity index (χ2n) is 8.63. The fraction of sp³-hybridized carbons (Fsp3) is 0.462. The van der Waals surface area contributed by atoms with Crippen LogP contribution in [-0.2, 0) is 9.59 Å². The molecule has 0 amide bonds. The van der Waals surface area contributed by atoms with Crippen LogP contribution < -0.4 is 18.9 Å². The second kappa shape index (κ2) is 13.8. The second-order valence-corrected chi connectivity index (χ2v) is 8.63. The standard InChI is InChI=1S/C26H32O10.H2/c27-13-19(29)15-33-21-5-9-23(10-6-21)35-25(31)17-1-2-18(4-3-17)26(32)36-24-11-7-22(8-12-24)34-16-20(30)14-28;/h5-12,17-20,27-30H,1-4,13-16H2;1H. The highest BCUT2D eigenvalue weighted by Gasteiger charge is 2.32. The number of aliphatic hydroxyl groups excluding tert-OH is 4. The SMILES string of the molecule is O=C(Oc1ccc(OCC(O)CO)cc1)C1CCC(C(=O)Oc2ccc(OCC(O)CO)cc2)CC1.[HH]. The van der Waals surface area contributed by atoms with E-state index in [1.54, 1.807) is 48.5 Å². The largest absolute Gasteiger partial charge is 0.491 e. The van der Waals surface area contributed by atoms with Gasteiger partial charge in [0.05, 0.1) is 25.0 Å². The van der Waals surface area contributed by atoms with Crippen LogP contribution in [0.5, 0.6) is 23.0 Å². The van der Waals surface area contributed by atoms with Gasteiger partial charge in [-0.15, -0.1) is 0 Å². The number of carbonyl (C=O) groups is 2. The fourth-order valence-electron chi connectivity index (χ4n) is 3.66. The Morgan fingerprint density at radius 1 is 0.667 bits per heavy atom. The third-order valence-corrected chi connectivity index (χ3v) is 5.78. The van der Waals surface area contributed by atoms with Crippen molar-refractivity contribution >= 4 is 11.9 Å². The first-order valence-corrected chi connectivity index (χ1v) is 11.8. The normalized spacial score (nSPS) is 19.1. The van der Waals surface area contributed by atoms with Gasteiger partial charge >= 0.3 is 11.9 Å². The first-order valence-electron chi connectivity index (χ1n) is 11.8. The van der Waals surface area contributed by atoms with E-state index in [4.69, 9.17) is 29.2 Å². The number of hydrogen-bond donors (Lipinski definition) is 4. The average molecular weight is 507 g/mol. The Morgan fingerprint density at radius 2 is 0.972 bits per heavy atom. The molecule has 0 radical (unpaired) electrons. The lowest BCUT2D eigenvalue weighted by atomic mass is 9.82. The van der Waals surface area contributed by atoms with Crippen molar-refractivity contribution in [3.05, 3.63) is 48.5 Å². The van der Waals surface area contributed by atoms with Crippen LogP contribution in [0, 0.1) is 11.8 Å². The molecule has 198 valence electrons. The van der Waals surface area contributed by atoms with Crippen molar-refractivity contribution in [1.82, 2.24) is 0 Å². The molecule has 0 saturated heterocycles. The van der Waals surface area contributed by atoms with Crippen LogP contribution in [-0.4, -0.2) is 71.0 Å². The molecule has 0 aromatic heterocycles. The first kappa shape index (κ1) is 27.4. The zero-order chi connectivity index (χ0) is 25.9. The summed E-state index contributed by atoms with van der Waals surface area (Å²) in [5, 5.41) is 36.3. The summed E-state index contributed by atoms with van der Waals surface area (Å²) in [6.07, 6.45) is 0.123. The molecule has 10 nitrogen and oxygen atoms in total. The van der Waals surface area contributed by atoms with Crippen LogP contribution in [0.3, 0.4) is 0 Å². The van der Waals surface area contributed by atoms with Crippen LogP contribution in [0.15, 0.2) is 48.5 Å². The van der Waals surface area contributed by atoms with Crippen LogP contribution in [0.25, 0.3) is 0 Å².